The summed E-state index contributed by atoms with van der Waals surface area (Å²) in [6.45, 7) is -0.116. The molecule has 2 amide bonds. The second kappa shape index (κ2) is 10.5. The Labute approximate surface area is 213 Å². The van der Waals surface area contributed by atoms with Crippen LogP contribution in [0.4, 0.5) is 11.4 Å². The van der Waals surface area contributed by atoms with Crippen LogP contribution in [0.3, 0.4) is 0 Å². The Bertz CT molecular complexity index is 1230. The average molecular weight is 560 g/mol. The quantitative estimate of drug-likeness (QED) is 0.275. The first-order valence-electron chi connectivity index (χ1n) is 9.71. The fourth-order valence-corrected chi connectivity index (χ4v) is 4.66. The predicted molar refractivity (Wildman–Crippen MR) is 142 cm³/mol. The Balaban J connectivity index is 1.36. The Kier molecular flexibility index (Phi) is 7.49. The highest BCUT2D eigenvalue weighted by Gasteiger charge is 2.33. The van der Waals surface area contributed by atoms with Crippen molar-refractivity contribution in [2.75, 3.05) is 16.8 Å². The number of anilines is 2. The zero-order valence-electron chi connectivity index (χ0n) is 17.0. The average Bonchev–Trinajstić information content (AvgIpc) is 3.08. The van der Waals surface area contributed by atoms with Gasteiger partial charge in [0.15, 0.2) is 10.9 Å². The molecule has 1 saturated heterocycles. The van der Waals surface area contributed by atoms with Gasteiger partial charge in [0.2, 0.25) is 0 Å². The third kappa shape index (κ3) is 6.03. The molecule has 5 nitrogen and oxygen atoms in total. The number of thiocarbonyl (C=S) groups is 1. The number of nitrogens with one attached hydrogen (secondary N) is 1. The lowest BCUT2D eigenvalue weighted by atomic mass is 10.2. The molecule has 0 atom stereocenters. The van der Waals surface area contributed by atoms with E-state index < -0.39 is 0 Å². The number of carbonyl (C=O) groups excluding carboxylic acids is 2. The minimum atomic E-state index is -0.257. The van der Waals surface area contributed by atoms with E-state index in [2.05, 4.69) is 21.2 Å². The summed E-state index contributed by atoms with van der Waals surface area (Å²) in [6.07, 6.45) is 1.78. The molecule has 1 fully saturated rings. The lowest BCUT2D eigenvalue weighted by Gasteiger charge is -2.14. The monoisotopic (exact) mass is 558 g/mol. The highest BCUT2D eigenvalue weighted by molar-refractivity contribution is 9.10. The lowest BCUT2D eigenvalue weighted by molar-refractivity contribution is -0.118. The summed E-state index contributed by atoms with van der Waals surface area (Å²) < 4.78 is 6.96. The summed E-state index contributed by atoms with van der Waals surface area (Å²) in [6, 6.07) is 21.4. The van der Waals surface area contributed by atoms with Crippen molar-refractivity contribution in [2.45, 2.75) is 0 Å². The SMILES string of the molecule is O=C(COc1ccc(/C=C2\SC(=S)N(c3ccc(Cl)cc3)C2=O)cc1)Nc1ccc(Br)cc1. The topological polar surface area (TPSA) is 58.6 Å². The fourth-order valence-electron chi connectivity index (χ4n) is 2.97. The van der Waals surface area contributed by atoms with Crippen LogP contribution in [-0.2, 0) is 9.59 Å². The molecule has 1 aliphatic rings. The Hall–Kier alpha value is -2.65. The van der Waals surface area contributed by atoms with Gasteiger partial charge in [-0.25, -0.2) is 0 Å². The van der Waals surface area contributed by atoms with Gasteiger partial charge in [0.25, 0.3) is 11.8 Å². The number of benzene rings is 3. The van der Waals surface area contributed by atoms with Crippen LogP contribution in [0.2, 0.25) is 5.02 Å². The Morgan fingerprint density at radius 2 is 1.73 bits per heavy atom. The fraction of sp³-hybridized carbons (Fsp3) is 0.0417. The van der Waals surface area contributed by atoms with E-state index in [-0.39, 0.29) is 18.4 Å². The normalized spacial score (nSPS) is 14.6. The van der Waals surface area contributed by atoms with Gasteiger partial charge < -0.3 is 10.1 Å². The van der Waals surface area contributed by atoms with E-state index in [1.807, 2.05) is 24.3 Å². The van der Waals surface area contributed by atoms with Gasteiger partial charge in [0, 0.05) is 15.2 Å². The lowest BCUT2D eigenvalue weighted by Crippen LogP contribution is -2.27. The van der Waals surface area contributed by atoms with Crippen molar-refractivity contribution in [3.05, 3.63) is 92.8 Å². The van der Waals surface area contributed by atoms with Gasteiger partial charge in [-0.2, -0.15) is 0 Å². The number of nitrogens with zero attached hydrogens (tertiary/aromatic N) is 1. The van der Waals surface area contributed by atoms with E-state index in [1.165, 1.54) is 16.7 Å². The van der Waals surface area contributed by atoms with Gasteiger partial charge in [-0.05, 0) is 72.3 Å². The maximum Gasteiger partial charge on any atom is 0.270 e. The molecule has 3 aromatic carbocycles. The van der Waals surface area contributed by atoms with E-state index in [0.29, 0.717) is 31.4 Å². The zero-order valence-corrected chi connectivity index (χ0v) is 20.9. The highest BCUT2D eigenvalue weighted by atomic mass is 79.9. The van der Waals surface area contributed by atoms with Crippen molar-refractivity contribution < 1.29 is 14.3 Å². The van der Waals surface area contributed by atoms with Gasteiger partial charge in [-0.15, -0.1) is 0 Å². The van der Waals surface area contributed by atoms with Crippen LogP contribution in [0.1, 0.15) is 5.56 Å². The van der Waals surface area contributed by atoms with Gasteiger partial charge >= 0.3 is 0 Å². The van der Waals surface area contributed by atoms with Crippen molar-refractivity contribution in [3.63, 3.8) is 0 Å². The molecular weight excluding hydrogens is 544 g/mol. The van der Waals surface area contributed by atoms with Crippen LogP contribution >= 0.6 is 51.5 Å². The summed E-state index contributed by atoms with van der Waals surface area (Å²) in [5.41, 5.74) is 2.19. The number of amides is 2. The number of hydrogen-bond acceptors (Lipinski definition) is 5. The summed E-state index contributed by atoms with van der Waals surface area (Å²) in [5.74, 6) is 0.108. The molecule has 0 unspecified atom stereocenters. The van der Waals surface area contributed by atoms with E-state index in [4.69, 9.17) is 28.6 Å². The molecule has 1 N–H and O–H groups in total. The molecule has 1 aliphatic heterocycles. The molecule has 0 radical (unpaired) electrons. The molecule has 3 aromatic rings. The molecule has 0 bridgehead atoms. The largest absolute Gasteiger partial charge is 0.484 e. The summed E-state index contributed by atoms with van der Waals surface area (Å²) in [7, 11) is 0. The standard InChI is InChI=1S/C24H16BrClN2O3S2/c25-16-3-7-18(8-4-16)27-22(29)14-31-20-11-1-15(2-12-20)13-21-23(30)28(24(32)33-21)19-9-5-17(26)6-10-19/h1-13H,14H2,(H,27,29)/b21-13-. The van der Waals surface area contributed by atoms with Crippen molar-refractivity contribution in [3.8, 4) is 5.75 Å². The zero-order chi connectivity index (χ0) is 23.4. The molecule has 0 aliphatic carbocycles. The maximum absolute atomic E-state index is 12.9. The van der Waals surface area contributed by atoms with E-state index in [1.54, 1.807) is 54.6 Å². The molecular formula is C24H16BrClN2O3S2. The molecule has 0 aromatic heterocycles. The van der Waals surface area contributed by atoms with Crippen LogP contribution in [0.5, 0.6) is 5.75 Å². The number of rotatable bonds is 6. The third-order valence-corrected chi connectivity index (χ3v) is 6.64. The van der Waals surface area contributed by atoms with Crippen molar-refractivity contribution in [1.82, 2.24) is 0 Å². The van der Waals surface area contributed by atoms with Gasteiger partial charge in [0.05, 0.1) is 10.6 Å². The van der Waals surface area contributed by atoms with Crippen molar-refractivity contribution in [2.24, 2.45) is 0 Å². The molecule has 33 heavy (non-hydrogen) atoms. The van der Waals surface area contributed by atoms with Crippen LogP contribution in [0.15, 0.2) is 82.2 Å². The second-order valence-electron chi connectivity index (χ2n) is 6.91. The first-order valence-corrected chi connectivity index (χ1v) is 12.1. The molecule has 9 heteroatoms. The van der Waals surface area contributed by atoms with Crippen molar-refractivity contribution in [1.29, 1.82) is 0 Å². The molecule has 4 rings (SSSR count). The van der Waals surface area contributed by atoms with E-state index >= 15 is 0 Å². The second-order valence-corrected chi connectivity index (χ2v) is 9.93. The summed E-state index contributed by atoms with van der Waals surface area (Å²) in [5, 5.41) is 3.36. The Morgan fingerprint density at radius 1 is 1.06 bits per heavy atom. The number of ether oxygens (including phenoxy) is 1. The van der Waals surface area contributed by atoms with Crippen LogP contribution in [-0.4, -0.2) is 22.7 Å². The third-order valence-electron chi connectivity index (χ3n) is 4.55. The van der Waals surface area contributed by atoms with Crippen LogP contribution < -0.4 is 15.0 Å². The molecule has 1 heterocycles. The number of carbonyl (C=O) groups is 2. The number of thioether (sulfide) groups is 1. The van der Waals surface area contributed by atoms with Gasteiger partial charge in [-0.3, -0.25) is 14.5 Å². The van der Waals surface area contributed by atoms with Crippen LogP contribution in [0.25, 0.3) is 6.08 Å². The van der Waals surface area contributed by atoms with Crippen LogP contribution in [0, 0.1) is 0 Å². The first kappa shape index (κ1) is 23.5. The smallest absolute Gasteiger partial charge is 0.270 e. The summed E-state index contributed by atoms with van der Waals surface area (Å²) in [4.78, 5) is 27.0. The van der Waals surface area contributed by atoms with E-state index in [0.717, 1.165) is 10.0 Å². The first-order chi connectivity index (χ1) is 15.9. The maximum atomic E-state index is 12.9. The minimum Gasteiger partial charge on any atom is -0.484 e. The number of halogens is 2. The van der Waals surface area contributed by atoms with Gasteiger partial charge in [0.1, 0.15) is 5.75 Å². The Morgan fingerprint density at radius 3 is 2.39 bits per heavy atom. The molecule has 166 valence electrons. The van der Waals surface area contributed by atoms with E-state index in [9.17, 15) is 9.59 Å². The highest BCUT2D eigenvalue weighted by Crippen LogP contribution is 2.36. The summed E-state index contributed by atoms with van der Waals surface area (Å²) >= 11 is 15.9. The van der Waals surface area contributed by atoms with Crippen molar-refractivity contribution >= 4 is 85.1 Å². The molecule has 0 spiro atoms. The predicted octanol–water partition coefficient (Wildman–Crippen LogP) is 6.53. The minimum absolute atomic E-state index is 0.116. The number of hydrogen-bond donors (Lipinski definition) is 1. The van der Waals surface area contributed by atoms with Gasteiger partial charge in [-0.1, -0.05) is 63.6 Å². The molecule has 0 saturated carbocycles.